The molecule has 0 fully saturated rings. The molecule has 3 aromatic heterocycles. The first-order valence-electron chi connectivity index (χ1n) is 14.1. The number of furan rings is 1. The first-order chi connectivity index (χ1) is 21.9. The number of pyridine rings is 1. The Balaban J connectivity index is 1.14. The number of benzene rings is 4. The number of anilines is 1. The van der Waals surface area contributed by atoms with E-state index >= 15 is 0 Å². The summed E-state index contributed by atoms with van der Waals surface area (Å²) in [6, 6.07) is 25.5. The number of nitrogens with one attached hydrogen (secondary N) is 2. The number of hydrogen-bond acceptors (Lipinski definition) is 7. The second kappa shape index (κ2) is 12.3. The van der Waals surface area contributed by atoms with Crippen LogP contribution in [0.1, 0.15) is 10.8 Å². The van der Waals surface area contributed by atoms with Crippen molar-refractivity contribution < 1.29 is 22.8 Å². The van der Waals surface area contributed by atoms with Gasteiger partial charge in [0.2, 0.25) is 11.8 Å². The molecule has 7 nitrogen and oxygen atoms in total. The van der Waals surface area contributed by atoms with Gasteiger partial charge in [-0.25, -0.2) is 18.7 Å². The molecule has 1 atom stereocenters. The third kappa shape index (κ3) is 6.09. The van der Waals surface area contributed by atoms with Crippen LogP contribution in [0, 0.1) is 11.6 Å². The zero-order valence-corrected chi connectivity index (χ0v) is 25.2. The molecule has 45 heavy (non-hydrogen) atoms. The van der Waals surface area contributed by atoms with Crippen LogP contribution in [0.4, 0.5) is 14.5 Å². The summed E-state index contributed by atoms with van der Waals surface area (Å²) in [7, 11) is 0. The Labute approximate surface area is 263 Å². The molecule has 7 aromatic rings. The molecule has 1 unspecified atom stereocenters. The highest BCUT2D eigenvalue weighted by atomic mass is 32.2. The third-order valence-electron chi connectivity index (χ3n) is 7.27. The van der Waals surface area contributed by atoms with Gasteiger partial charge in [0.25, 0.3) is 0 Å². The molecule has 11 heteroatoms. The number of rotatable bonds is 9. The second-order valence-corrected chi connectivity index (χ2v) is 12.6. The van der Waals surface area contributed by atoms with Crippen molar-refractivity contribution in [3.8, 4) is 0 Å². The molecule has 4 aromatic carbocycles. The lowest BCUT2D eigenvalue weighted by Crippen LogP contribution is -2.46. The smallest absolute Gasteiger partial charge is 0.247 e. The van der Waals surface area contributed by atoms with Crippen LogP contribution >= 0.6 is 23.1 Å². The number of amides is 2. The molecular weight excluding hydrogens is 615 g/mol. The zero-order valence-electron chi connectivity index (χ0n) is 23.6. The van der Waals surface area contributed by atoms with Gasteiger partial charge in [-0.15, -0.1) is 11.3 Å². The summed E-state index contributed by atoms with van der Waals surface area (Å²) in [5, 5.41) is 8.96. The number of aromatic nitrogens is 2. The lowest BCUT2D eigenvalue weighted by Gasteiger charge is -2.19. The lowest BCUT2D eigenvalue weighted by atomic mass is 10.1. The number of hydrogen-bond donors (Lipinski definition) is 2. The quantitative estimate of drug-likeness (QED) is 0.158. The molecule has 0 spiro atoms. The van der Waals surface area contributed by atoms with Gasteiger partial charge in [-0.2, -0.15) is 11.8 Å². The van der Waals surface area contributed by atoms with Crippen LogP contribution in [0.2, 0.25) is 0 Å². The number of thioether (sulfide) groups is 1. The maximum atomic E-state index is 14.2. The predicted molar refractivity (Wildman–Crippen MR) is 175 cm³/mol. The molecular formula is C34H24F2N4O3S2. The van der Waals surface area contributed by atoms with Crippen molar-refractivity contribution in [2.45, 2.75) is 18.2 Å². The summed E-state index contributed by atoms with van der Waals surface area (Å²) in [5.74, 6) is -1.14. The van der Waals surface area contributed by atoms with Gasteiger partial charge in [-0.3, -0.25) is 9.59 Å². The first-order valence-corrected chi connectivity index (χ1v) is 16.1. The number of para-hydroxylation sites is 3. The first kappa shape index (κ1) is 28.9. The fourth-order valence-electron chi connectivity index (χ4n) is 5.22. The average Bonchev–Trinajstić information content (AvgIpc) is 3.63. The van der Waals surface area contributed by atoms with E-state index in [4.69, 9.17) is 9.40 Å². The Morgan fingerprint density at radius 3 is 2.36 bits per heavy atom. The van der Waals surface area contributed by atoms with Crippen molar-refractivity contribution in [1.82, 2.24) is 15.3 Å². The molecule has 0 bridgehead atoms. The fourth-order valence-corrected chi connectivity index (χ4v) is 7.34. The summed E-state index contributed by atoms with van der Waals surface area (Å²) in [6.45, 7) is 0. The van der Waals surface area contributed by atoms with Crippen LogP contribution < -0.4 is 10.6 Å². The van der Waals surface area contributed by atoms with E-state index in [1.165, 1.54) is 29.2 Å². The minimum Gasteiger partial charge on any atom is -0.461 e. The van der Waals surface area contributed by atoms with E-state index in [1.54, 1.807) is 0 Å². The molecule has 0 saturated carbocycles. The van der Waals surface area contributed by atoms with Crippen LogP contribution in [-0.2, 0) is 21.8 Å². The SMILES string of the molecule is O=C(Cc1cc2ccccc2o1)NC(CSCc1nc2c(F)cc(F)cc2s1)C(=O)Nc1c2ccccc2nc2ccccc12. The van der Waals surface area contributed by atoms with Crippen molar-refractivity contribution >= 4 is 83.6 Å². The number of carbonyl (C=O) groups excluding carboxylic acids is 2. The zero-order chi connectivity index (χ0) is 30.9. The van der Waals surface area contributed by atoms with E-state index < -0.39 is 23.6 Å². The summed E-state index contributed by atoms with van der Waals surface area (Å²) in [6.07, 6.45) is -0.0487. The molecule has 2 amide bonds. The predicted octanol–water partition coefficient (Wildman–Crippen LogP) is 7.62. The largest absolute Gasteiger partial charge is 0.461 e. The maximum Gasteiger partial charge on any atom is 0.247 e. The fraction of sp³-hybridized carbons (Fsp3) is 0.118. The summed E-state index contributed by atoms with van der Waals surface area (Å²) in [4.78, 5) is 36.2. The standard InChI is InChI=1S/C34H24F2N4O3S2/c35-20-14-24(36)33-29(15-20)45-31(39-33)18-44-17-27(38-30(41)16-21-13-19-7-1-6-12-28(19)43-21)34(42)40-32-22-8-2-4-10-25(22)37-26-11-5-3-9-23(26)32/h1-15,27H,16-18H2,(H,38,41)(H,37,40,42). The van der Waals surface area contributed by atoms with Gasteiger partial charge in [-0.05, 0) is 30.3 Å². The van der Waals surface area contributed by atoms with Gasteiger partial charge in [0, 0.05) is 33.7 Å². The van der Waals surface area contributed by atoms with E-state index in [0.29, 0.717) is 32.5 Å². The minimum atomic E-state index is -0.930. The van der Waals surface area contributed by atoms with Crippen LogP contribution in [0.15, 0.2) is 95.4 Å². The Hall–Kier alpha value is -4.87. The molecule has 0 aliphatic heterocycles. The van der Waals surface area contributed by atoms with Crippen molar-refractivity contribution in [1.29, 1.82) is 0 Å². The maximum absolute atomic E-state index is 14.2. The number of fused-ring (bicyclic) bond motifs is 4. The van der Waals surface area contributed by atoms with E-state index in [2.05, 4.69) is 15.6 Å². The van der Waals surface area contributed by atoms with Crippen molar-refractivity contribution in [2.75, 3.05) is 11.1 Å². The van der Waals surface area contributed by atoms with E-state index in [9.17, 15) is 18.4 Å². The molecule has 3 heterocycles. The highest BCUT2D eigenvalue weighted by Gasteiger charge is 2.24. The summed E-state index contributed by atoms with van der Waals surface area (Å²) >= 11 is 2.55. The highest BCUT2D eigenvalue weighted by Crippen LogP contribution is 2.32. The molecule has 0 aliphatic carbocycles. The molecule has 2 N–H and O–H groups in total. The second-order valence-electron chi connectivity index (χ2n) is 10.4. The molecule has 224 valence electrons. The Bertz CT molecular complexity index is 2150. The van der Waals surface area contributed by atoms with Gasteiger partial charge in [0.1, 0.15) is 33.7 Å². The third-order valence-corrected chi connectivity index (χ3v) is 9.50. The van der Waals surface area contributed by atoms with Crippen molar-refractivity contribution in [3.63, 3.8) is 0 Å². The molecule has 0 radical (unpaired) electrons. The number of thiazole rings is 1. The molecule has 7 rings (SSSR count). The van der Waals surface area contributed by atoms with Gasteiger partial charge in [-0.1, -0.05) is 54.6 Å². The van der Waals surface area contributed by atoms with Crippen LogP contribution in [0.3, 0.4) is 0 Å². The Morgan fingerprint density at radius 1 is 0.889 bits per heavy atom. The lowest BCUT2D eigenvalue weighted by molar-refractivity contribution is -0.125. The number of carbonyl (C=O) groups is 2. The summed E-state index contributed by atoms with van der Waals surface area (Å²) in [5.41, 5.74) is 2.85. The van der Waals surface area contributed by atoms with E-state index in [1.807, 2.05) is 78.9 Å². The van der Waals surface area contributed by atoms with E-state index in [0.717, 1.165) is 33.3 Å². The van der Waals surface area contributed by atoms with Crippen LogP contribution in [0.25, 0.3) is 43.0 Å². The van der Waals surface area contributed by atoms with Crippen LogP contribution in [0.5, 0.6) is 0 Å². The van der Waals surface area contributed by atoms with Gasteiger partial charge in [0.05, 0.1) is 27.8 Å². The highest BCUT2D eigenvalue weighted by molar-refractivity contribution is 7.98. The minimum absolute atomic E-state index is 0.0487. The van der Waals surface area contributed by atoms with Crippen molar-refractivity contribution in [2.24, 2.45) is 0 Å². The van der Waals surface area contributed by atoms with Gasteiger partial charge in [0.15, 0.2) is 5.82 Å². The van der Waals surface area contributed by atoms with Crippen LogP contribution in [-0.4, -0.2) is 33.6 Å². The molecule has 0 aliphatic rings. The van der Waals surface area contributed by atoms with Gasteiger partial charge >= 0.3 is 0 Å². The number of nitrogens with zero attached hydrogens (tertiary/aromatic N) is 2. The Morgan fingerprint density at radius 2 is 1.60 bits per heavy atom. The summed E-state index contributed by atoms with van der Waals surface area (Å²) < 4.78 is 34.2. The van der Waals surface area contributed by atoms with Crippen molar-refractivity contribution in [3.05, 3.63) is 113 Å². The topological polar surface area (TPSA) is 97.1 Å². The van der Waals surface area contributed by atoms with E-state index in [-0.39, 0.29) is 23.6 Å². The average molecular weight is 639 g/mol. The monoisotopic (exact) mass is 638 g/mol. The normalized spacial score (nSPS) is 12.2. The molecule has 0 saturated heterocycles. The number of halogens is 2. The Kier molecular flexibility index (Phi) is 7.86. The van der Waals surface area contributed by atoms with Gasteiger partial charge < -0.3 is 15.1 Å².